The van der Waals surface area contributed by atoms with Gasteiger partial charge in [0.25, 0.3) is 0 Å². The predicted molar refractivity (Wildman–Crippen MR) is 95.5 cm³/mol. The molecule has 0 saturated carbocycles. The lowest BCUT2D eigenvalue weighted by molar-refractivity contribution is -0.116. The smallest absolute Gasteiger partial charge is 0.243 e. The molecule has 0 unspecified atom stereocenters. The Morgan fingerprint density at radius 3 is 2.44 bits per heavy atom. The summed E-state index contributed by atoms with van der Waals surface area (Å²) in [4.78, 5) is 12.2. The number of aryl methyl sites for hydroxylation is 2. The average molecular weight is 364 g/mol. The third kappa shape index (κ3) is 4.24. The SMILES string of the molecule is Cc1cc(F)ccc1S(=O)(=O)N(C)CC(=O)Nc1cccc(C)c1C. The molecule has 0 bridgehead atoms. The largest absolute Gasteiger partial charge is 0.325 e. The van der Waals surface area contributed by atoms with Crippen molar-refractivity contribution in [2.45, 2.75) is 25.7 Å². The number of rotatable bonds is 5. The Hall–Kier alpha value is -2.25. The minimum Gasteiger partial charge on any atom is -0.325 e. The number of hydrogen-bond acceptors (Lipinski definition) is 3. The van der Waals surface area contributed by atoms with Crippen molar-refractivity contribution < 1.29 is 17.6 Å². The van der Waals surface area contributed by atoms with E-state index >= 15 is 0 Å². The van der Waals surface area contributed by atoms with E-state index in [0.29, 0.717) is 11.3 Å². The topological polar surface area (TPSA) is 66.5 Å². The van der Waals surface area contributed by atoms with Gasteiger partial charge in [-0.05, 0) is 61.7 Å². The Morgan fingerprint density at radius 2 is 1.80 bits per heavy atom. The van der Waals surface area contributed by atoms with Crippen molar-refractivity contribution >= 4 is 21.6 Å². The molecule has 2 rings (SSSR count). The summed E-state index contributed by atoms with van der Waals surface area (Å²) in [5.41, 5.74) is 2.90. The van der Waals surface area contributed by atoms with Crippen LogP contribution in [0.2, 0.25) is 0 Å². The highest BCUT2D eigenvalue weighted by Crippen LogP contribution is 2.21. The first kappa shape index (κ1) is 19.1. The lowest BCUT2D eigenvalue weighted by atomic mass is 10.1. The van der Waals surface area contributed by atoms with Crippen molar-refractivity contribution in [1.82, 2.24) is 4.31 Å². The van der Waals surface area contributed by atoms with Gasteiger partial charge in [-0.15, -0.1) is 0 Å². The highest BCUT2D eigenvalue weighted by atomic mass is 32.2. The monoisotopic (exact) mass is 364 g/mol. The minimum absolute atomic E-state index is 0.0177. The van der Waals surface area contributed by atoms with Crippen molar-refractivity contribution in [1.29, 1.82) is 0 Å². The van der Waals surface area contributed by atoms with E-state index in [4.69, 9.17) is 0 Å². The zero-order valence-electron chi connectivity index (χ0n) is 14.6. The molecule has 0 saturated heterocycles. The van der Waals surface area contributed by atoms with E-state index in [1.54, 1.807) is 6.07 Å². The zero-order chi connectivity index (χ0) is 18.8. The molecule has 0 atom stereocenters. The summed E-state index contributed by atoms with van der Waals surface area (Å²) < 4.78 is 39.3. The number of amides is 1. The molecule has 2 aromatic carbocycles. The highest BCUT2D eigenvalue weighted by molar-refractivity contribution is 7.89. The quantitative estimate of drug-likeness (QED) is 0.887. The van der Waals surface area contributed by atoms with E-state index in [1.807, 2.05) is 26.0 Å². The van der Waals surface area contributed by atoms with Gasteiger partial charge in [-0.3, -0.25) is 4.79 Å². The summed E-state index contributed by atoms with van der Waals surface area (Å²) >= 11 is 0. The van der Waals surface area contributed by atoms with Crippen LogP contribution in [0, 0.1) is 26.6 Å². The second-order valence-electron chi connectivity index (χ2n) is 5.97. The molecule has 0 aromatic heterocycles. The molecule has 0 fully saturated rings. The molecule has 0 aliphatic rings. The van der Waals surface area contributed by atoms with Crippen molar-refractivity contribution in [3.8, 4) is 0 Å². The van der Waals surface area contributed by atoms with Gasteiger partial charge < -0.3 is 5.32 Å². The van der Waals surface area contributed by atoms with Gasteiger partial charge in [-0.1, -0.05) is 12.1 Å². The number of benzene rings is 2. The van der Waals surface area contributed by atoms with Gasteiger partial charge in [-0.25, -0.2) is 12.8 Å². The average Bonchev–Trinajstić information content (AvgIpc) is 2.51. The molecular formula is C18H21FN2O3S. The summed E-state index contributed by atoms with van der Waals surface area (Å²) in [5, 5.41) is 2.72. The molecule has 0 heterocycles. The number of halogens is 1. The molecule has 0 aliphatic heterocycles. The Morgan fingerprint density at radius 1 is 1.12 bits per heavy atom. The minimum atomic E-state index is -3.89. The van der Waals surface area contributed by atoms with Crippen LogP contribution in [0.3, 0.4) is 0 Å². The van der Waals surface area contributed by atoms with Crippen molar-refractivity contribution in [3.63, 3.8) is 0 Å². The number of sulfonamides is 1. The van der Waals surface area contributed by atoms with Gasteiger partial charge >= 0.3 is 0 Å². The van der Waals surface area contributed by atoms with Gasteiger partial charge in [0.1, 0.15) is 5.82 Å². The summed E-state index contributed by atoms with van der Waals surface area (Å²) in [6.07, 6.45) is 0. The molecule has 5 nitrogen and oxygen atoms in total. The van der Waals surface area contributed by atoms with Crippen LogP contribution in [-0.4, -0.2) is 32.2 Å². The first-order chi connectivity index (χ1) is 11.6. The van der Waals surface area contributed by atoms with E-state index in [-0.39, 0.29) is 11.4 Å². The maximum Gasteiger partial charge on any atom is 0.243 e. The molecule has 0 spiro atoms. The standard InChI is InChI=1S/C18H21FN2O3S/c1-12-6-5-7-16(14(12)3)20-18(22)11-21(4)25(23,24)17-9-8-15(19)10-13(17)2/h5-10H,11H2,1-4H3,(H,20,22). The molecule has 1 amide bonds. The lowest BCUT2D eigenvalue weighted by Crippen LogP contribution is -2.35. The van der Waals surface area contributed by atoms with E-state index in [1.165, 1.54) is 20.0 Å². The second kappa shape index (κ2) is 7.33. The lowest BCUT2D eigenvalue weighted by Gasteiger charge is -2.19. The molecular weight excluding hydrogens is 343 g/mol. The molecule has 134 valence electrons. The fourth-order valence-corrected chi connectivity index (χ4v) is 3.76. The van der Waals surface area contributed by atoms with Crippen LogP contribution in [0.1, 0.15) is 16.7 Å². The van der Waals surface area contributed by atoms with Gasteiger partial charge in [0, 0.05) is 12.7 Å². The summed E-state index contributed by atoms with van der Waals surface area (Å²) in [7, 11) is -2.57. The second-order valence-corrected chi connectivity index (χ2v) is 7.98. The van der Waals surface area contributed by atoms with Crippen LogP contribution in [0.4, 0.5) is 10.1 Å². The van der Waals surface area contributed by atoms with Crippen LogP contribution >= 0.6 is 0 Å². The van der Waals surface area contributed by atoms with E-state index in [9.17, 15) is 17.6 Å². The number of likely N-dealkylation sites (N-methyl/N-ethyl adjacent to an activating group) is 1. The van der Waals surface area contributed by atoms with Crippen LogP contribution in [0.5, 0.6) is 0 Å². The number of carbonyl (C=O) groups excluding carboxylic acids is 1. The number of carbonyl (C=O) groups is 1. The number of hydrogen-bond donors (Lipinski definition) is 1. The maximum atomic E-state index is 13.2. The van der Waals surface area contributed by atoms with Gasteiger partial charge in [0.05, 0.1) is 11.4 Å². The van der Waals surface area contributed by atoms with E-state index < -0.39 is 21.7 Å². The number of anilines is 1. The third-order valence-electron chi connectivity index (χ3n) is 4.07. The first-order valence-corrected chi connectivity index (χ1v) is 9.15. The highest BCUT2D eigenvalue weighted by Gasteiger charge is 2.25. The predicted octanol–water partition coefficient (Wildman–Crippen LogP) is 3.01. The third-order valence-corrected chi connectivity index (χ3v) is 6.03. The Bertz CT molecular complexity index is 911. The van der Waals surface area contributed by atoms with Crippen LogP contribution < -0.4 is 5.32 Å². The first-order valence-electron chi connectivity index (χ1n) is 7.71. The van der Waals surface area contributed by atoms with Crippen LogP contribution in [0.15, 0.2) is 41.3 Å². The molecule has 7 heteroatoms. The summed E-state index contributed by atoms with van der Waals surface area (Å²) in [6, 6.07) is 8.96. The summed E-state index contributed by atoms with van der Waals surface area (Å²) in [5.74, 6) is -0.952. The van der Waals surface area contributed by atoms with Crippen molar-refractivity contribution in [3.05, 3.63) is 58.9 Å². The van der Waals surface area contributed by atoms with E-state index in [0.717, 1.165) is 27.6 Å². The van der Waals surface area contributed by atoms with E-state index in [2.05, 4.69) is 5.32 Å². The van der Waals surface area contributed by atoms with Crippen LogP contribution in [-0.2, 0) is 14.8 Å². The number of nitrogens with one attached hydrogen (secondary N) is 1. The van der Waals surface area contributed by atoms with Gasteiger partial charge in [0.2, 0.25) is 15.9 Å². The normalized spacial score (nSPS) is 11.6. The molecule has 0 aliphatic carbocycles. The van der Waals surface area contributed by atoms with Gasteiger partial charge in [0.15, 0.2) is 0 Å². The Balaban J connectivity index is 2.16. The Labute approximate surface area is 147 Å². The molecule has 1 N–H and O–H groups in total. The molecule has 0 radical (unpaired) electrons. The summed E-state index contributed by atoms with van der Waals surface area (Å²) in [6.45, 7) is 4.98. The Kier molecular flexibility index (Phi) is 5.59. The fraction of sp³-hybridized carbons (Fsp3) is 0.278. The molecule has 2 aromatic rings. The fourth-order valence-electron chi connectivity index (χ4n) is 2.43. The van der Waals surface area contributed by atoms with Gasteiger partial charge in [-0.2, -0.15) is 4.31 Å². The van der Waals surface area contributed by atoms with Crippen molar-refractivity contribution in [2.75, 3.05) is 18.9 Å². The number of nitrogens with zero attached hydrogens (tertiary/aromatic N) is 1. The zero-order valence-corrected chi connectivity index (χ0v) is 15.4. The van der Waals surface area contributed by atoms with Crippen LogP contribution in [0.25, 0.3) is 0 Å². The maximum absolute atomic E-state index is 13.2. The molecule has 25 heavy (non-hydrogen) atoms. The van der Waals surface area contributed by atoms with Crippen molar-refractivity contribution in [2.24, 2.45) is 0 Å².